The molecule has 0 aliphatic carbocycles. The molecule has 1 aromatic rings. The molecule has 0 saturated carbocycles. The van der Waals surface area contributed by atoms with Crippen molar-refractivity contribution in [1.82, 2.24) is 20.4 Å². The molecule has 4 heterocycles. The fraction of sp³-hybridized carbons (Fsp3) is 0.786. The number of aromatic nitrogens is 2. The van der Waals surface area contributed by atoms with Gasteiger partial charge in [0.2, 0.25) is 5.89 Å². The first-order chi connectivity index (χ1) is 10.2. The summed E-state index contributed by atoms with van der Waals surface area (Å²) in [5.74, 6) is 0.523. The number of piperidine rings is 1. The Morgan fingerprint density at radius 1 is 1.29 bits per heavy atom. The highest BCUT2D eigenvalue weighted by atomic mass is 16.5. The fourth-order valence-corrected chi connectivity index (χ4v) is 3.95. The van der Waals surface area contributed by atoms with Gasteiger partial charge in [0.05, 0.1) is 12.1 Å². The Bertz CT molecular complexity index is 526. The molecule has 114 valence electrons. The first-order valence-electron chi connectivity index (χ1n) is 7.80. The molecule has 7 nitrogen and oxygen atoms in total. The lowest BCUT2D eigenvalue weighted by Crippen LogP contribution is -2.48. The van der Waals surface area contributed by atoms with E-state index in [2.05, 4.69) is 15.5 Å². The average Bonchev–Trinajstić information content (AvgIpc) is 3.17. The summed E-state index contributed by atoms with van der Waals surface area (Å²) < 4.78 is 5.25. The lowest BCUT2D eigenvalue weighted by atomic mass is 10.00. The summed E-state index contributed by atoms with van der Waals surface area (Å²) in [4.78, 5) is 18.8. The molecule has 7 heteroatoms. The predicted octanol–water partition coefficient (Wildman–Crippen LogP) is 0.622. The molecule has 0 spiro atoms. The van der Waals surface area contributed by atoms with E-state index in [0.717, 1.165) is 32.2 Å². The van der Waals surface area contributed by atoms with Gasteiger partial charge < -0.3 is 19.8 Å². The van der Waals surface area contributed by atoms with E-state index in [0.29, 0.717) is 18.7 Å². The van der Waals surface area contributed by atoms with Crippen LogP contribution in [0.4, 0.5) is 0 Å². The van der Waals surface area contributed by atoms with E-state index in [1.807, 2.05) is 4.90 Å². The maximum Gasteiger partial charge on any atom is 0.295 e. The van der Waals surface area contributed by atoms with Crippen molar-refractivity contribution in [2.45, 2.75) is 62.8 Å². The van der Waals surface area contributed by atoms with Crippen LogP contribution in [-0.2, 0) is 0 Å². The van der Waals surface area contributed by atoms with Crippen LogP contribution in [0.1, 0.15) is 61.1 Å². The molecular formula is C14H20N4O3. The SMILES string of the molecule is O=C(c1noc(C2CCCN2)n1)N1C2CCC1CC(O)C2. The van der Waals surface area contributed by atoms with Crippen LogP contribution in [0.25, 0.3) is 0 Å². The van der Waals surface area contributed by atoms with Gasteiger partial charge in [0.15, 0.2) is 0 Å². The number of hydrogen-bond donors (Lipinski definition) is 2. The molecule has 3 fully saturated rings. The number of aliphatic hydroxyl groups is 1. The third kappa shape index (κ3) is 2.24. The van der Waals surface area contributed by atoms with Crippen molar-refractivity contribution < 1.29 is 14.4 Å². The van der Waals surface area contributed by atoms with Crippen molar-refractivity contribution >= 4 is 5.91 Å². The smallest absolute Gasteiger partial charge is 0.295 e. The van der Waals surface area contributed by atoms with Gasteiger partial charge in [-0.3, -0.25) is 4.79 Å². The summed E-state index contributed by atoms with van der Waals surface area (Å²) in [7, 11) is 0. The quantitative estimate of drug-likeness (QED) is 0.830. The summed E-state index contributed by atoms with van der Waals surface area (Å²) in [6.45, 7) is 0.949. The van der Waals surface area contributed by atoms with Gasteiger partial charge in [-0.15, -0.1) is 0 Å². The van der Waals surface area contributed by atoms with Gasteiger partial charge in [-0.2, -0.15) is 4.98 Å². The fourth-order valence-electron chi connectivity index (χ4n) is 3.95. The Kier molecular flexibility index (Phi) is 3.19. The van der Waals surface area contributed by atoms with Gasteiger partial charge in [-0.25, -0.2) is 0 Å². The zero-order valence-electron chi connectivity index (χ0n) is 11.9. The summed E-state index contributed by atoms with van der Waals surface area (Å²) in [6.07, 6.45) is 5.02. The third-order valence-electron chi connectivity index (χ3n) is 4.93. The number of rotatable bonds is 2. The highest BCUT2D eigenvalue weighted by Crippen LogP contribution is 2.36. The standard InChI is InChI=1S/C14H20N4O3/c19-10-6-8-3-4-9(7-10)18(8)14(20)12-16-13(21-17-12)11-2-1-5-15-11/h8-11,15,19H,1-7H2. The number of nitrogens with zero attached hydrogens (tertiary/aromatic N) is 3. The minimum atomic E-state index is -0.282. The van der Waals surface area contributed by atoms with E-state index < -0.39 is 0 Å². The van der Waals surface area contributed by atoms with E-state index in [-0.39, 0.29) is 36.0 Å². The number of aliphatic hydroxyl groups excluding tert-OH is 1. The molecule has 0 aromatic carbocycles. The first kappa shape index (κ1) is 13.2. The van der Waals surface area contributed by atoms with Crippen LogP contribution in [-0.4, -0.2) is 50.8 Å². The van der Waals surface area contributed by atoms with Gasteiger partial charge in [-0.1, -0.05) is 5.16 Å². The zero-order valence-corrected chi connectivity index (χ0v) is 11.9. The van der Waals surface area contributed by atoms with Crippen molar-refractivity contribution in [1.29, 1.82) is 0 Å². The summed E-state index contributed by atoms with van der Waals surface area (Å²) in [5, 5.41) is 17.0. The molecule has 3 aliphatic heterocycles. The Morgan fingerprint density at radius 3 is 2.71 bits per heavy atom. The molecule has 3 aliphatic rings. The highest BCUT2D eigenvalue weighted by molar-refractivity contribution is 5.91. The van der Waals surface area contributed by atoms with Crippen molar-refractivity contribution in [2.75, 3.05) is 6.54 Å². The Morgan fingerprint density at radius 2 is 2.05 bits per heavy atom. The molecule has 3 unspecified atom stereocenters. The second-order valence-corrected chi connectivity index (χ2v) is 6.33. The maximum absolute atomic E-state index is 12.6. The average molecular weight is 292 g/mol. The third-order valence-corrected chi connectivity index (χ3v) is 4.93. The van der Waals surface area contributed by atoms with Gasteiger partial charge in [0, 0.05) is 12.1 Å². The van der Waals surface area contributed by atoms with E-state index in [1.54, 1.807) is 0 Å². The Balaban J connectivity index is 1.52. The van der Waals surface area contributed by atoms with Crippen LogP contribution in [0.3, 0.4) is 0 Å². The lowest BCUT2D eigenvalue weighted by molar-refractivity contribution is 0.0276. The minimum Gasteiger partial charge on any atom is -0.393 e. The largest absolute Gasteiger partial charge is 0.393 e. The molecule has 3 saturated heterocycles. The van der Waals surface area contributed by atoms with Crippen molar-refractivity contribution in [2.24, 2.45) is 0 Å². The molecule has 1 amide bonds. The predicted molar refractivity (Wildman–Crippen MR) is 72.5 cm³/mol. The van der Waals surface area contributed by atoms with Crippen molar-refractivity contribution in [3.8, 4) is 0 Å². The number of nitrogens with one attached hydrogen (secondary N) is 1. The number of hydrogen-bond acceptors (Lipinski definition) is 6. The number of carbonyl (C=O) groups excluding carboxylic acids is 1. The molecule has 0 radical (unpaired) electrons. The summed E-state index contributed by atoms with van der Waals surface area (Å²) in [5.41, 5.74) is 0. The van der Waals surface area contributed by atoms with Gasteiger partial charge in [0.1, 0.15) is 0 Å². The second kappa shape index (κ2) is 5.06. The molecule has 2 N–H and O–H groups in total. The maximum atomic E-state index is 12.6. The van der Waals surface area contributed by atoms with Crippen LogP contribution in [0.15, 0.2) is 4.52 Å². The van der Waals surface area contributed by atoms with Crippen LogP contribution < -0.4 is 5.32 Å². The summed E-state index contributed by atoms with van der Waals surface area (Å²) >= 11 is 0. The molecule has 3 atom stereocenters. The van der Waals surface area contributed by atoms with Crippen molar-refractivity contribution in [3.63, 3.8) is 0 Å². The monoisotopic (exact) mass is 292 g/mol. The van der Waals surface area contributed by atoms with E-state index in [4.69, 9.17) is 4.52 Å². The van der Waals surface area contributed by atoms with Gasteiger partial charge in [-0.05, 0) is 45.1 Å². The second-order valence-electron chi connectivity index (χ2n) is 6.33. The van der Waals surface area contributed by atoms with Crippen molar-refractivity contribution in [3.05, 3.63) is 11.7 Å². The van der Waals surface area contributed by atoms with E-state index in [9.17, 15) is 9.90 Å². The highest BCUT2D eigenvalue weighted by Gasteiger charge is 2.44. The molecule has 2 bridgehead atoms. The zero-order chi connectivity index (χ0) is 14.4. The topological polar surface area (TPSA) is 91.5 Å². The van der Waals surface area contributed by atoms with Crippen LogP contribution in [0.2, 0.25) is 0 Å². The normalized spacial score (nSPS) is 35.4. The van der Waals surface area contributed by atoms with Gasteiger partial charge >= 0.3 is 0 Å². The molecule has 1 aromatic heterocycles. The Hall–Kier alpha value is -1.47. The molecular weight excluding hydrogens is 272 g/mol. The molecule has 21 heavy (non-hydrogen) atoms. The van der Waals surface area contributed by atoms with E-state index in [1.165, 1.54) is 0 Å². The van der Waals surface area contributed by atoms with E-state index >= 15 is 0 Å². The Labute approximate surface area is 122 Å². The number of amides is 1. The molecule has 4 rings (SSSR count). The van der Waals surface area contributed by atoms with Gasteiger partial charge in [0.25, 0.3) is 11.7 Å². The van der Waals surface area contributed by atoms with Crippen LogP contribution >= 0.6 is 0 Å². The van der Waals surface area contributed by atoms with Crippen LogP contribution in [0, 0.1) is 0 Å². The van der Waals surface area contributed by atoms with Crippen LogP contribution in [0.5, 0.6) is 0 Å². The number of carbonyl (C=O) groups is 1. The minimum absolute atomic E-state index is 0.0824. The number of fused-ring (bicyclic) bond motifs is 2. The lowest BCUT2D eigenvalue weighted by Gasteiger charge is -2.36. The summed E-state index contributed by atoms with van der Waals surface area (Å²) in [6, 6.07) is 0.328. The first-order valence-corrected chi connectivity index (χ1v) is 7.80.